The monoisotopic (exact) mass is 378 g/mol. The maximum atomic E-state index is 12.8. The first kappa shape index (κ1) is 17.1. The summed E-state index contributed by atoms with van der Waals surface area (Å²) in [4.78, 5) is 18.6. The molecular formula is C21H18N2OS2. The molecule has 2 aromatic heterocycles. The molecule has 0 saturated carbocycles. The van der Waals surface area contributed by atoms with E-state index in [1.807, 2.05) is 24.3 Å². The van der Waals surface area contributed by atoms with Crippen molar-refractivity contribution >= 4 is 33.3 Å². The summed E-state index contributed by atoms with van der Waals surface area (Å²) >= 11 is 3.11. The number of hydrogen-bond donors (Lipinski definition) is 0. The maximum Gasteiger partial charge on any atom is 0.271 e. The van der Waals surface area contributed by atoms with Gasteiger partial charge in [0.15, 0.2) is 5.16 Å². The highest BCUT2D eigenvalue weighted by molar-refractivity contribution is 7.98. The van der Waals surface area contributed by atoms with Crippen molar-refractivity contribution in [2.24, 2.45) is 7.05 Å². The molecule has 4 rings (SSSR count). The number of rotatable bonds is 4. The van der Waals surface area contributed by atoms with Gasteiger partial charge in [-0.15, -0.1) is 11.3 Å². The molecule has 0 aliphatic carbocycles. The minimum absolute atomic E-state index is 0.0218. The molecule has 0 aliphatic heterocycles. The second-order valence-electron chi connectivity index (χ2n) is 6.22. The molecule has 26 heavy (non-hydrogen) atoms. The van der Waals surface area contributed by atoms with Crippen LogP contribution in [0.25, 0.3) is 20.7 Å². The predicted molar refractivity (Wildman–Crippen MR) is 111 cm³/mol. The van der Waals surface area contributed by atoms with Gasteiger partial charge in [0.25, 0.3) is 5.56 Å². The van der Waals surface area contributed by atoms with Gasteiger partial charge in [0.2, 0.25) is 0 Å². The van der Waals surface area contributed by atoms with Crippen molar-refractivity contribution < 1.29 is 0 Å². The Bertz CT molecular complexity index is 1110. The third-order valence-electron chi connectivity index (χ3n) is 4.26. The average Bonchev–Trinajstić information content (AvgIpc) is 3.10. The van der Waals surface area contributed by atoms with Crippen LogP contribution in [0.2, 0.25) is 0 Å². The van der Waals surface area contributed by atoms with Crippen molar-refractivity contribution in [3.8, 4) is 10.4 Å². The molecule has 2 heterocycles. The minimum atomic E-state index is 0.0218. The Kier molecular flexibility index (Phi) is 4.66. The normalized spacial score (nSPS) is 11.2. The van der Waals surface area contributed by atoms with Gasteiger partial charge in [0.1, 0.15) is 4.70 Å². The number of nitrogens with zero attached hydrogens (tertiary/aromatic N) is 2. The van der Waals surface area contributed by atoms with E-state index >= 15 is 0 Å². The number of hydrogen-bond acceptors (Lipinski definition) is 4. The Hall–Kier alpha value is -2.37. The fraction of sp³-hybridized carbons (Fsp3) is 0.143. The van der Waals surface area contributed by atoms with E-state index in [-0.39, 0.29) is 5.56 Å². The van der Waals surface area contributed by atoms with Crippen LogP contribution < -0.4 is 5.56 Å². The van der Waals surface area contributed by atoms with Gasteiger partial charge in [-0.25, -0.2) is 4.98 Å². The number of aromatic nitrogens is 2. The Morgan fingerprint density at radius 1 is 1.08 bits per heavy atom. The van der Waals surface area contributed by atoms with Crippen LogP contribution in [0.15, 0.2) is 70.6 Å². The molecule has 0 bridgehead atoms. The van der Waals surface area contributed by atoms with Crippen molar-refractivity contribution in [2.75, 3.05) is 0 Å². The first-order valence-electron chi connectivity index (χ1n) is 8.36. The third kappa shape index (κ3) is 3.32. The van der Waals surface area contributed by atoms with E-state index in [0.717, 1.165) is 26.9 Å². The first-order chi connectivity index (χ1) is 12.6. The fourth-order valence-corrected chi connectivity index (χ4v) is 4.75. The van der Waals surface area contributed by atoms with Gasteiger partial charge in [-0.05, 0) is 24.1 Å². The van der Waals surface area contributed by atoms with E-state index in [1.165, 1.54) is 22.5 Å². The Labute approximate surface area is 160 Å². The molecule has 0 aliphatic rings. The third-order valence-corrected chi connectivity index (χ3v) is 6.52. The summed E-state index contributed by atoms with van der Waals surface area (Å²) in [6, 6.07) is 20.6. The molecule has 0 spiro atoms. The molecule has 130 valence electrons. The topological polar surface area (TPSA) is 34.9 Å². The Morgan fingerprint density at radius 3 is 2.54 bits per heavy atom. The van der Waals surface area contributed by atoms with Crippen LogP contribution in [-0.2, 0) is 12.8 Å². The van der Waals surface area contributed by atoms with Gasteiger partial charge in [-0.1, -0.05) is 71.9 Å². The van der Waals surface area contributed by atoms with Crippen molar-refractivity contribution in [2.45, 2.75) is 17.8 Å². The molecule has 0 atom stereocenters. The lowest BCUT2D eigenvalue weighted by atomic mass is 10.2. The molecule has 0 amide bonds. The van der Waals surface area contributed by atoms with Crippen molar-refractivity contribution in [1.82, 2.24) is 9.55 Å². The summed E-state index contributed by atoms with van der Waals surface area (Å²) in [7, 11) is 1.80. The van der Waals surface area contributed by atoms with Crippen molar-refractivity contribution in [3.05, 3.63) is 82.1 Å². The van der Waals surface area contributed by atoms with E-state index in [4.69, 9.17) is 4.98 Å². The summed E-state index contributed by atoms with van der Waals surface area (Å²) in [5.41, 5.74) is 4.39. The first-order valence-corrected chi connectivity index (χ1v) is 10.2. The molecule has 0 unspecified atom stereocenters. The van der Waals surface area contributed by atoms with E-state index in [0.29, 0.717) is 4.70 Å². The van der Waals surface area contributed by atoms with Gasteiger partial charge in [0, 0.05) is 17.7 Å². The summed E-state index contributed by atoms with van der Waals surface area (Å²) in [5.74, 6) is 0.793. The van der Waals surface area contributed by atoms with Gasteiger partial charge in [-0.2, -0.15) is 0 Å². The highest BCUT2D eigenvalue weighted by Gasteiger charge is 2.13. The predicted octanol–water partition coefficient (Wildman–Crippen LogP) is 5.26. The SMILES string of the molecule is Cc1ccc(CSc2nc3cc(-c4ccccc4)sc3c(=O)n2C)cc1. The summed E-state index contributed by atoms with van der Waals surface area (Å²) < 4.78 is 2.37. The number of thiophene rings is 1. The van der Waals surface area contributed by atoms with E-state index in [2.05, 4.69) is 43.3 Å². The summed E-state index contributed by atoms with van der Waals surface area (Å²) in [5, 5.41) is 0.750. The zero-order valence-corrected chi connectivity index (χ0v) is 16.2. The van der Waals surface area contributed by atoms with Gasteiger partial charge >= 0.3 is 0 Å². The van der Waals surface area contributed by atoms with Crippen LogP contribution in [0.1, 0.15) is 11.1 Å². The Balaban J connectivity index is 1.68. The average molecular weight is 379 g/mol. The molecule has 0 N–H and O–H groups in total. The number of thioether (sulfide) groups is 1. The van der Waals surface area contributed by atoms with Crippen LogP contribution in [0.5, 0.6) is 0 Å². The molecule has 4 aromatic rings. The molecule has 0 radical (unpaired) electrons. The fourth-order valence-electron chi connectivity index (χ4n) is 2.74. The van der Waals surface area contributed by atoms with Crippen LogP contribution in [0, 0.1) is 6.92 Å². The van der Waals surface area contributed by atoms with Crippen LogP contribution >= 0.6 is 23.1 Å². The lowest BCUT2D eigenvalue weighted by Crippen LogP contribution is -2.18. The Morgan fingerprint density at radius 2 is 1.81 bits per heavy atom. The molecule has 3 nitrogen and oxygen atoms in total. The van der Waals surface area contributed by atoms with E-state index in [1.54, 1.807) is 23.4 Å². The molecular weight excluding hydrogens is 360 g/mol. The standard InChI is InChI=1S/C21H18N2OS2/c1-14-8-10-15(11-9-14)13-25-21-22-17-12-18(16-6-4-3-5-7-16)26-19(17)20(24)23(21)2/h3-12H,13H2,1-2H3. The quantitative estimate of drug-likeness (QED) is 0.359. The summed E-state index contributed by atoms with van der Waals surface area (Å²) in [6.45, 7) is 2.08. The molecule has 0 saturated heterocycles. The van der Waals surface area contributed by atoms with Gasteiger partial charge in [0.05, 0.1) is 5.52 Å². The van der Waals surface area contributed by atoms with Crippen molar-refractivity contribution in [1.29, 1.82) is 0 Å². The summed E-state index contributed by atoms with van der Waals surface area (Å²) in [6.07, 6.45) is 0. The number of benzene rings is 2. The number of aryl methyl sites for hydroxylation is 1. The number of fused-ring (bicyclic) bond motifs is 1. The molecule has 2 aromatic carbocycles. The second-order valence-corrected chi connectivity index (χ2v) is 8.22. The largest absolute Gasteiger partial charge is 0.290 e. The van der Waals surface area contributed by atoms with Crippen molar-refractivity contribution in [3.63, 3.8) is 0 Å². The van der Waals surface area contributed by atoms with Crippen LogP contribution in [0.3, 0.4) is 0 Å². The van der Waals surface area contributed by atoms with Gasteiger partial charge < -0.3 is 0 Å². The smallest absolute Gasteiger partial charge is 0.271 e. The van der Waals surface area contributed by atoms with Crippen LogP contribution in [0.4, 0.5) is 0 Å². The zero-order valence-electron chi connectivity index (χ0n) is 14.6. The van der Waals surface area contributed by atoms with Gasteiger partial charge in [-0.3, -0.25) is 9.36 Å². The zero-order chi connectivity index (χ0) is 18.1. The lowest BCUT2D eigenvalue weighted by molar-refractivity contribution is 0.728. The van der Waals surface area contributed by atoms with Crippen LogP contribution in [-0.4, -0.2) is 9.55 Å². The second kappa shape index (κ2) is 7.09. The van der Waals surface area contributed by atoms with E-state index < -0.39 is 0 Å². The minimum Gasteiger partial charge on any atom is -0.290 e. The highest BCUT2D eigenvalue weighted by atomic mass is 32.2. The maximum absolute atomic E-state index is 12.8. The van der Waals surface area contributed by atoms with E-state index in [9.17, 15) is 4.79 Å². The molecule has 5 heteroatoms. The highest BCUT2D eigenvalue weighted by Crippen LogP contribution is 2.32. The lowest BCUT2D eigenvalue weighted by Gasteiger charge is -2.07. The molecule has 0 fully saturated rings.